The standard InChI is InChI=1S/C11H9ClF3N3/c12-7-3-1-6(2-4-7)9(16)8-5-17-10(18-8)11(13,14)15/h1-5,9H,16H2,(H,17,18). The molecule has 1 aromatic carbocycles. The molecule has 0 bridgehead atoms. The van der Waals surface area contributed by atoms with Gasteiger partial charge in [-0.1, -0.05) is 23.7 Å². The Balaban J connectivity index is 2.26. The van der Waals surface area contributed by atoms with E-state index in [-0.39, 0.29) is 5.69 Å². The molecule has 96 valence electrons. The number of imidazole rings is 1. The van der Waals surface area contributed by atoms with E-state index in [1.165, 1.54) is 0 Å². The van der Waals surface area contributed by atoms with E-state index in [1.807, 2.05) is 0 Å². The molecule has 1 unspecified atom stereocenters. The van der Waals surface area contributed by atoms with Crippen molar-refractivity contribution in [3.05, 3.63) is 52.6 Å². The highest BCUT2D eigenvalue weighted by atomic mass is 35.5. The number of hydrogen-bond donors (Lipinski definition) is 2. The first-order valence-corrected chi connectivity index (χ1v) is 5.39. The minimum Gasteiger partial charge on any atom is -0.337 e. The molecule has 0 saturated heterocycles. The summed E-state index contributed by atoms with van der Waals surface area (Å²) in [5.74, 6) is -1.05. The Kier molecular flexibility index (Phi) is 3.32. The summed E-state index contributed by atoms with van der Waals surface area (Å²) in [5.41, 5.74) is 6.69. The Morgan fingerprint density at radius 2 is 1.83 bits per heavy atom. The maximum atomic E-state index is 12.4. The van der Waals surface area contributed by atoms with Gasteiger partial charge in [-0.25, -0.2) is 4.98 Å². The summed E-state index contributed by atoms with van der Waals surface area (Å²) in [7, 11) is 0. The molecular formula is C11H9ClF3N3. The van der Waals surface area contributed by atoms with Gasteiger partial charge in [-0.2, -0.15) is 13.2 Å². The van der Waals surface area contributed by atoms with Crippen molar-refractivity contribution in [2.45, 2.75) is 12.2 Å². The molecule has 0 aliphatic carbocycles. The highest BCUT2D eigenvalue weighted by molar-refractivity contribution is 6.30. The number of hydrogen-bond acceptors (Lipinski definition) is 2. The second kappa shape index (κ2) is 4.62. The number of alkyl halides is 3. The Labute approximate surface area is 106 Å². The average molecular weight is 276 g/mol. The third-order valence-corrected chi connectivity index (χ3v) is 2.68. The number of rotatable bonds is 2. The molecule has 1 aromatic heterocycles. The first-order valence-electron chi connectivity index (χ1n) is 5.01. The highest BCUT2D eigenvalue weighted by Gasteiger charge is 2.34. The van der Waals surface area contributed by atoms with E-state index >= 15 is 0 Å². The number of benzene rings is 1. The van der Waals surface area contributed by atoms with Crippen molar-refractivity contribution >= 4 is 11.6 Å². The fraction of sp³-hybridized carbons (Fsp3) is 0.182. The molecule has 1 heterocycles. The second-order valence-electron chi connectivity index (χ2n) is 3.71. The molecule has 0 aliphatic rings. The van der Waals surface area contributed by atoms with Gasteiger partial charge < -0.3 is 10.7 Å². The summed E-state index contributed by atoms with van der Waals surface area (Å²) in [4.78, 5) is 5.44. The number of halogens is 4. The maximum Gasteiger partial charge on any atom is 0.449 e. The van der Waals surface area contributed by atoms with E-state index in [0.717, 1.165) is 6.20 Å². The molecule has 3 N–H and O–H groups in total. The number of H-pyrrole nitrogens is 1. The Morgan fingerprint density at radius 3 is 2.33 bits per heavy atom. The summed E-state index contributed by atoms with van der Waals surface area (Å²) in [5, 5.41) is 0.534. The molecule has 0 spiro atoms. The van der Waals surface area contributed by atoms with Gasteiger partial charge in [0.25, 0.3) is 0 Å². The zero-order valence-electron chi connectivity index (χ0n) is 9.00. The van der Waals surface area contributed by atoms with Crippen LogP contribution in [-0.4, -0.2) is 9.97 Å². The van der Waals surface area contributed by atoms with Gasteiger partial charge in [0.15, 0.2) is 0 Å². The van der Waals surface area contributed by atoms with Gasteiger partial charge in [0, 0.05) is 5.02 Å². The van der Waals surface area contributed by atoms with Gasteiger partial charge in [-0.3, -0.25) is 0 Å². The lowest BCUT2D eigenvalue weighted by molar-refractivity contribution is -0.144. The van der Waals surface area contributed by atoms with Crippen LogP contribution in [0.2, 0.25) is 5.02 Å². The summed E-state index contributed by atoms with van der Waals surface area (Å²) in [6.07, 6.45) is -3.42. The third kappa shape index (κ3) is 2.65. The molecule has 2 rings (SSSR count). The number of nitrogens with two attached hydrogens (primary N) is 1. The summed E-state index contributed by atoms with van der Waals surface area (Å²) in [6, 6.07) is 5.85. The summed E-state index contributed by atoms with van der Waals surface area (Å²) in [6.45, 7) is 0. The third-order valence-electron chi connectivity index (χ3n) is 2.43. The number of nitrogens with one attached hydrogen (secondary N) is 1. The molecule has 0 amide bonds. The normalized spacial score (nSPS) is 13.6. The van der Waals surface area contributed by atoms with Crippen LogP contribution in [-0.2, 0) is 6.18 Å². The molecule has 0 radical (unpaired) electrons. The minimum atomic E-state index is -4.50. The van der Waals surface area contributed by atoms with E-state index in [2.05, 4.69) is 9.97 Å². The van der Waals surface area contributed by atoms with E-state index < -0.39 is 18.0 Å². The zero-order valence-corrected chi connectivity index (χ0v) is 9.76. The number of aromatic nitrogens is 2. The fourth-order valence-electron chi connectivity index (χ4n) is 1.49. The predicted octanol–water partition coefficient (Wildman–Crippen LogP) is 3.13. The average Bonchev–Trinajstić information content (AvgIpc) is 2.78. The monoisotopic (exact) mass is 275 g/mol. The van der Waals surface area contributed by atoms with E-state index in [9.17, 15) is 13.2 Å². The van der Waals surface area contributed by atoms with Gasteiger partial charge in [0.05, 0.1) is 17.9 Å². The van der Waals surface area contributed by atoms with E-state index in [1.54, 1.807) is 24.3 Å². The molecule has 7 heteroatoms. The highest BCUT2D eigenvalue weighted by Crippen LogP contribution is 2.28. The predicted molar refractivity (Wildman–Crippen MR) is 61.1 cm³/mol. The first-order chi connectivity index (χ1) is 8.38. The van der Waals surface area contributed by atoms with Gasteiger partial charge in [0.2, 0.25) is 5.82 Å². The molecule has 18 heavy (non-hydrogen) atoms. The van der Waals surface area contributed by atoms with Crippen molar-refractivity contribution in [3.8, 4) is 0 Å². The molecule has 3 nitrogen and oxygen atoms in total. The maximum absolute atomic E-state index is 12.4. The first kappa shape index (κ1) is 12.9. The smallest absolute Gasteiger partial charge is 0.337 e. The largest absolute Gasteiger partial charge is 0.449 e. The quantitative estimate of drug-likeness (QED) is 0.885. The Morgan fingerprint density at radius 1 is 1.22 bits per heavy atom. The van der Waals surface area contributed by atoms with Crippen LogP contribution in [0, 0.1) is 0 Å². The van der Waals surface area contributed by atoms with Crippen LogP contribution in [0.15, 0.2) is 30.5 Å². The lowest BCUT2D eigenvalue weighted by atomic mass is 10.1. The molecule has 1 atom stereocenters. The van der Waals surface area contributed by atoms with Crippen LogP contribution in [0.5, 0.6) is 0 Å². The number of aromatic amines is 1. The van der Waals surface area contributed by atoms with Crippen molar-refractivity contribution < 1.29 is 13.2 Å². The fourth-order valence-corrected chi connectivity index (χ4v) is 1.61. The van der Waals surface area contributed by atoms with Crippen molar-refractivity contribution in [1.29, 1.82) is 0 Å². The molecule has 0 fully saturated rings. The number of nitrogens with zero attached hydrogens (tertiary/aromatic N) is 1. The van der Waals surface area contributed by atoms with Crippen LogP contribution in [0.1, 0.15) is 23.1 Å². The van der Waals surface area contributed by atoms with Crippen molar-refractivity contribution in [2.24, 2.45) is 5.73 Å². The summed E-state index contributed by atoms with van der Waals surface area (Å²) >= 11 is 5.72. The van der Waals surface area contributed by atoms with Gasteiger partial charge in [0.1, 0.15) is 0 Å². The zero-order chi connectivity index (χ0) is 13.3. The van der Waals surface area contributed by atoms with Gasteiger partial charge in [-0.15, -0.1) is 0 Å². The van der Waals surface area contributed by atoms with Crippen LogP contribution in [0.4, 0.5) is 13.2 Å². The molecule has 0 aliphatic heterocycles. The van der Waals surface area contributed by atoms with Crippen molar-refractivity contribution in [2.75, 3.05) is 0 Å². The van der Waals surface area contributed by atoms with E-state index in [0.29, 0.717) is 10.6 Å². The van der Waals surface area contributed by atoms with Crippen LogP contribution >= 0.6 is 11.6 Å². The van der Waals surface area contributed by atoms with Crippen LogP contribution in [0.3, 0.4) is 0 Å². The van der Waals surface area contributed by atoms with E-state index in [4.69, 9.17) is 17.3 Å². The Bertz CT molecular complexity index is 533. The molecule has 0 saturated carbocycles. The van der Waals surface area contributed by atoms with Crippen molar-refractivity contribution in [1.82, 2.24) is 9.97 Å². The lowest BCUT2D eigenvalue weighted by Gasteiger charge is -2.10. The SMILES string of the molecule is NC(c1ccc(Cl)cc1)c1cnc(C(F)(F)F)[nH]1. The van der Waals surface area contributed by atoms with Gasteiger partial charge >= 0.3 is 6.18 Å². The topological polar surface area (TPSA) is 54.7 Å². The van der Waals surface area contributed by atoms with Crippen LogP contribution in [0.25, 0.3) is 0 Å². The van der Waals surface area contributed by atoms with Gasteiger partial charge in [-0.05, 0) is 17.7 Å². The summed E-state index contributed by atoms with van der Waals surface area (Å²) < 4.78 is 37.1. The second-order valence-corrected chi connectivity index (χ2v) is 4.15. The van der Waals surface area contributed by atoms with Crippen LogP contribution < -0.4 is 5.73 Å². The molecule has 2 aromatic rings. The Hall–Kier alpha value is -1.53. The minimum absolute atomic E-state index is 0.199. The van der Waals surface area contributed by atoms with Crippen molar-refractivity contribution in [3.63, 3.8) is 0 Å². The molecular weight excluding hydrogens is 267 g/mol. The lowest BCUT2D eigenvalue weighted by Crippen LogP contribution is -2.13.